The summed E-state index contributed by atoms with van der Waals surface area (Å²) in [6.45, 7) is 0. The molecule has 0 radical (unpaired) electrons. The van der Waals surface area contributed by atoms with Crippen molar-refractivity contribution in [2.45, 2.75) is 0 Å². The Kier molecular flexibility index (Phi) is 6.06. The Balaban J connectivity index is 1.35. The molecule has 0 aliphatic heterocycles. The van der Waals surface area contributed by atoms with E-state index in [1.165, 1.54) is 0 Å². The van der Waals surface area contributed by atoms with E-state index in [2.05, 4.69) is 97.1 Å². The molecule has 0 aliphatic rings. The molecule has 9 rings (SSSR count). The standard InChI is InChI=1S/C41H25N5/c1-3-14-28(15-4-1)35-32-23-21-26-12-7-9-18-30(26)37(32)45-40(43-35)34-20-11-25-42-39(34)41-44-36(29-16-5-2-6-17-29)33-24-22-27-13-8-10-19-31(27)38(33)46-41/h1-25H. The molecule has 9 aromatic rings. The Bertz CT molecular complexity index is 2400. The van der Waals surface area contributed by atoms with Crippen LogP contribution in [0.25, 0.3) is 88.8 Å². The second-order valence-electron chi connectivity index (χ2n) is 11.3. The molecule has 0 atom stereocenters. The van der Waals surface area contributed by atoms with E-state index in [1.807, 2.05) is 48.5 Å². The van der Waals surface area contributed by atoms with Crippen LogP contribution < -0.4 is 0 Å². The van der Waals surface area contributed by atoms with Crippen molar-refractivity contribution in [3.05, 3.63) is 152 Å². The predicted octanol–water partition coefficient (Wildman–Crippen LogP) is 9.94. The van der Waals surface area contributed by atoms with Gasteiger partial charge in [-0.25, -0.2) is 19.9 Å². The quantitative estimate of drug-likeness (QED) is 0.192. The average molecular weight is 588 g/mol. The molecule has 46 heavy (non-hydrogen) atoms. The van der Waals surface area contributed by atoms with Crippen molar-refractivity contribution in [1.82, 2.24) is 24.9 Å². The number of hydrogen-bond donors (Lipinski definition) is 0. The predicted molar refractivity (Wildman–Crippen MR) is 187 cm³/mol. The Morgan fingerprint density at radius 1 is 0.326 bits per heavy atom. The minimum Gasteiger partial charge on any atom is -0.252 e. The van der Waals surface area contributed by atoms with Gasteiger partial charge >= 0.3 is 0 Å². The summed E-state index contributed by atoms with van der Waals surface area (Å²) in [5.74, 6) is 1.11. The molecule has 0 bridgehead atoms. The van der Waals surface area contributed by atoms with E-state index in [-0.39, 0.29) is 0 Å². The fourth-order valence-corrected chi connectivity index (χ4v) is 6.35. The van der Waals surface area contributed by atoms with E-state index >= 15 is 0 Å². The van der Waals surface area contributed by atoms with Crippen LogP contribution in [0.15, 0.2) is 152 Å². The average Bonchev–Trinajstić information content (AvgIpc) is 3.14. The highest BCUT2D eigenvalue weighted by Gasteiger charge is 2.20. The molecular weight excluding hydrogens is 562 g/mol. The molecule has 214 valence electrons. The van der Waals surface area contributed by atoms with Crippen molar-refractivity contribution < 1.29 is 0 Å². The normalized spacial score (nSPS) is 11.5. The molecular formula is C41H25N5. The van der Waals surface area contributed by atoms with E-state index in [0.717, 1.165) is 71.4 Å². The summed E-state index contributed by atoms with van der Waals surface area (Å²) in [6.07, 6.45) is 1.78. The summed E-state index contributed by atoms with van der Waals surface area (Å²) in [5, 5.41) is 6.38. The number of nitrogens with zero attached hydrogens (tertiary/aromatic N) is 5. The highest BCUT2D eigenvalue weighted by atomic mass is 14.9. The lowest BCUT2D eigenvalue weighted by Gasteiger charge is -2.14. The molecule has 0 saturated carbocycles. The van der Waals surface area contributed by atoms with Crippen LogP contribution in [0.2, 0.25) is 0 Å². The van der Waals surface area contributed by atoms with Crippen molar-refractivity contribution in [2.24, 2.45) is 0 Å². The first-order chi connectivity index (χ1) is 22.8. The summed E-state index contributed by atoms with van der Waals surface area (Å²) >= 11 is 0. The van der Waals surface area contributed by atoms with Gasteiger partial charge in [0.15, 0.2) is 11.6 Å². The Morgan fingerprint density at radius 3 is 1.41 bits per heavy atom. The van der Waals surface area contributed by atoms with E-state index in [4.69, 9.17) is 24.9 Å². The third-order valence-electron chi connectivity index (χ3n) is 8.54. The second-order valence-corrected chi connectivity index (χ2v) is 11.3. The van der Waals surface area contributed by atoms with Crippen molar-refractivity contribution >= 4 is 43.4 Å². The van der Waals surface area contributed by atoms with Gasteiger partial charge in [0.2, 0.25) is 0 Å². The van der Waals surface area contributed by atoms with Gasteiger partial charge < -0.3 is 0 Å². The number of aromatic nitrogens is 5. The molecule has 0 unspecified atom stereocenters. The third kappa shape index (κ3) is 4.29. The first-order valence-electron chi connectivity index (χ1n) is 15.3. The van der Waals surface area contributed by atoms with Crippen LogP contribution in [0, 0.1) is 0 Å². The van der Waals surface area contributed by atoms with Crippen LogP contribution in [0.3, 0.4) is 0 Å². The zero-order valence-electron chi connectivity index (χ0n) is 24.7. The first-order valence-corrected chi connectivity index (χ1v) is 15.3. The van der Waals surface area contributed by atoms with E-state index < -0.39 is 0 Å². The van der Waals surface area contributed by atoms with E-state index in [9.17, 15) is 0 Å². The number of hydrogen-bond acceptors (Lipinski definition) is 5. The van der Waals surface area contributed by atoms with Crippen molar-refractivity contribution in [3.8, 4) is 45.4 Å². The summed E-state index contributed by atoms with van der Waals surface area (Å²) < 4.78 is 0. The van der Waals surface area contributed by atoms with Gasteiger partial charge in [-0.2, -0.15) is 0 Å². The molecule has 0 aliphatic carbocycles. The number of rotatable bonds is 4. The van der Waals surface area contributed by atoms with Gasteiger partial charge in [-0.05, 0) is 35.0 Å². The van der Waals surface area contributed by atoms with E-state index in [1.54, 1.807) is 6.20 Å². The molecule has 0 N–H and O–H groups in total. The van der Waals surface area contributed by atoms with Crippen LogP contribution in [0.4, 0.5) is 0 Å². The number of benzene rings is 6. The smallest absolute Gasteiger partial charge is 0.180 e. The van der Waals surface area contributed by atoms with E-state index in [0.29, 0.717) is 17.3 Å². The Morgan fingerprint density at radius 2 is 0.826 bits per heavy atom. The van der Waals surface area contributed by atoms with Crippen molar-refractivity contribution in [2.75, 3.05) is 0 Å². The zero-order chi connectivity index (χ0) is 30.5. The molecule has 0 spiro atoms. The van der Waals surface area contributed by atoms with Gasteiger partial charge in [-0.1, -0.05) is 121 Å². The van der Waals surface area contributed by atoms with Crippen molar-refractivity contribution in [1.29, 1.82) is 0 Å². The summed E-state index contributed by atoms with van der Waals surface area (Å²) in [6, 6.07) is 49.7. The van der Waals surface area contributed by atoms with Gasteiger partial charge in [0.1, 0.15) is 5.69 Å². The molecule has 0 amide bonds. The third-order valence-corrected chi connectivity index (χ3v) is 8.54. The molecule has 3 aromatic heterocycles. The minimum absolute atomic E-state index is 0.529. The largest absolute Gasteiger partial charge is 0.252 e. The van der Waals surface area contributed by atoms with Crippen LogP contribution in [0.5, 0.6) is 0 Å². The summed E-state index contributed by atoms with van der Waals surface area (Å²) in [7, 11) is 0. The molecule has 5 heteroatoms. The maximum absolute atomic E-state index is 5.23. The lowest BCUT2D eigenvalue weighted by Crippen LogP contribution is -2.01. The molecule has 3 heterocycles. The monoisotopic (exact) mass is 587 g/mol. The molecule has 0 fully saturated rings. The molecule has 5 nitrogen and oxygen atoms in total. The van der Waals surface area contributed by atoms with Gasteiger partial charge in [0.25, 0.3) is 0 Å². The second kappa shape index (κ2) is 10.7. The summed E-state index contributed by atoms with van der Waals surface area (Å²) in [4.78, 5) is 25.7. The highest BCUT2D eigenvalue weighted by molar-refractivity contribution is 6.11. The lowest BCUT2D eigenvalue weighted by molar-refractivity contribution is 1.16. The summed E-state index contributed by atoms with van der Waals surface area (Å²) in [5.41, 5.74) is 6.96. The van der Waals surface area contributed by atoms with Gasteiger partial charge in [0, 0.05) is 44.4 Å². The number of pyridine rings is 1. The van der Waals surface area contributed by atoms with Crippen LogP contribution in [0.1, 0.15) is 0 Å². The maximum Gasteiger partial charge on any atom is 0.180 e. The SMILES string of the molecule is c1ccc(-c2nc(-c3cccnc3-c3nc(-c4ccccc4)c4ccc5ccccc5c4n3)nc3c2ccc2ccccc23)cc1. The highest BCUT2D eigenvalue weighted by Crippen LogP contribution is 2.37. The fraction of sp³-hybridized carbons (Fsp3) is 0. The maximum atomic E-state index is 5.23. The molecule has 0 saturated heterocycles. The zero-order valence-corrected chi connectivity index (χ0v) is 24.7. The number of fused-ring (bicyclic) bond motifs is 6. The van der Waals surface area contributed by atoms with Crippen LogP contribution in [-0.2, 0) is 0 Å². The van der Waals surface area contributed by atoms with Crippen molar-refractivity contribution in [3.63, 3.8) is 0 Å². The van der Waals surface area contributed by atoms with Gasteiger partial charge in [0.05, 0.1) is 22.4 Å². The fourth-order valence-electron chi connectivity index (χ4n) is 6.35. The van der Waals surface area contributed by atoms with Gasteiger partial charge in [-0.3, -0.25) is 4.98 Å². The van der Waals surface area contributed by atoms with Crippen LogP contribution >= 0.6 is 0 Å². The van der Waals surface area contributed by atoms with Crippen LogP contribution in [-0.4, -0.2) is 24.9 Å². The lowest BCUT2D eigenvalue weighted by atomic mass is 10.0. The van der Waals surface area contributed by atoms with Gasteiger partial charge in [-0.15, -0.1) is 0 Å². The minimum atomic E-state index is 0.529. The first kappa shape index (κ1) is 26.1. The topological polar surface area (TPSA) is 64.5 Å². The molecule has 6 aromatic carbocycles. The Labute approximate surface area is 264 Å². The Hall–Kier alpha value is -6.33.